The Morgan fingerprint density at radius 2 is 1.90 bits per heavy atom. The number of carbonyl (C=O) groups is 3. The maximum Gasteiger partial charge on any atom is 0.323 e. The van der Waals surface area contributed by atoms with Gasteiger partial charge in [0, 0.05) is 25.6 Å². The van der Waals surface area contributed by atoms with Crippen LogP contribution in [-0.4, -0.2) is 58.9 Å². The summed E-state index contributed by atoms with van der Waals surface area (Å²) in [6, 6.07) is 0. The molecule has 1 atom stereocenters. The minimum atomic E-state index is -0.987. The Morgan fingerprint density at radius 3 is 2.48 bits per heavy atom. The van der Waals surface area contributed by atoms with E-state index in [9.17, 15) is 14.4 Å². The fourth-order valence-electron chi connectivity index (χ4n) is 2.93. The van der Waals surface area contributed by atoms with E-state index in [4.69, 9.17) is 5.11 Å². The molecule has 6 nitrogen and oxygen atoms in total. The fourth-order valence-corrected chi connectivity index (χ4v) is 2.93. The molecule has 1 heterocycles. The van der Waals surface area contributed by atoms with Crippen molar-refractivity contribution in [2.75, 3.05) is 26.2 Å². The topological polar surface area (TPSA) is 77.9 Å². The van der Waals surface area contributed by atoms with Gasteiger partial charge in [-0.2, -0.15) is 0 Å². The summed E-state index contributed by atoms with van der Waals surface area (Å²) >= 11 is 0. The summed E-state index contributed by atoms with van der Waals surface area (Å²) in [5.74, 6) is -1.00. The van der Waals surface area contributed by atoms with Gasteiger partial charge in [-0.3, -0.25) is 14.4 Å². The first kappa shape index (κ1) is 15.8. The van der Waals surface area contributed by atoms with Crippen molar-refractivity contribution in [3.05, 3.63) is 0 Å². The zero-order valence-electron chi connectivity index (χ0n) is 12.6. The first-order valence-electron chi connectivity index (χ1n) is 7.82. The Bertz CT molecular complexity index is 420. The highest BCUT2D eigenvalue weighted by Crippen LogP contribution is 2.32. The summed E-state index contributed by atoms with van der Waals surface area (Å²) in [5.41, 5.74) is 0. The minimum absolute atomic E-state index is 0.118. The van der Waals surface area contributed by atoms with Gasteiger partial charge in [-0.05, 0) is 32.1 Å². The van der Waals surface area contributed by atoms with Gasteiger partial charge in [-0.25, -0.2) is 0 Å². The lowest BCUT2D eigenvalue weighted by Crippen LogP contribution is -2.48. The first-order chi connectivity index (χ1) is 10.0. The zero-order chi connectivity index (χ0) is 15.4. The molecule has 2 fully saturated rings. The molecule has 21 heavy (non-hydrogen) atoms. The molecule has 6 heteroatoms. The zero-order valence-corrected chi connectivity index (χ0v) is 12.6. The van der Waals surface area contributed by atoms with Crippen molar-refractivity contribution >= 4 is 17.8 Å². The Labute approximate surface area is 125 Å². The van der Waals surface area contributed by atoms with E-state index >= 15 is 0 Å². The van der Waals surface area contributed by atoms with Gasteiger partial charge >= 0.3 is 5.97 Å². The molecule has 0 spiro atoms. The Hall–Kier alpha value is -1.59. The number of hydrogen-bond donors (Lipinski definition) is 1. The van der Waals surface area contributed by atoms with E-state index in [1.165, 1.54) is 4.90 Å². The maximum atomic E-state index is 12.5. The molecule has 1 aliphatic carbocycles. The van der Waals surface area contributed by atoms with Gasteiger partial charge in [0.05, 0.1) is 5.92 Å². The molecule has 0 aromatic heterocycles. The maximum absolute atomic E-state index is 12.5. The van der Waals surface area contributed by atoms with Crippen LogP contribution in [0, 0.1) is 11.8 Å². The quantitative estimate of drug-likeness (QED) is 0.792. The molecule has 2 rings (SSSR count). The lowest BCUT2D eigenvalue weighted by molar-refractivity contribution is -0.148. The van der Waals surface area contributed by atoms with Crippen LogP contribution < -0.4 is 0 Å². The number of rotatable bonds is 6. The lowest BCUT2D eigenvalue weighted by atomic mass is 9.96. The molecule has 0 bridgehead atoms. The van der Waals surface area contributed by atoms with Crippen molar-refractivity contribution in [3.63, 3.8) is 0 Å². The highest BCUT2D eigenvalue weighted by Gasteiger charge is 2.37. The average molecular weight is 296 g/mol. The van der Waals surface area contributed by atoms with E-state index in [1.54, 1.807) is 4.90 Å². The molecule has 1 unspecified atom stereocenters. The van der Waals surface area contributed by atoms with Gasteiger partial charge in [-0.15, -0.1) is 0 Å². The number of carboxylic acids is 1. The number of hydrogen-bond acceptors (Lipinski definition) is 3. The number of aliphatic carboxylic acids is 1. The molecule has 0 radical (unpaired) electrons. The van der Waals surface area contributed by atoms with E-state index < -0.39 is 5.97 Å². The van der Waals surface area contributed by atoms with E-state index in [-0.39, 0.29) is 30.2 Å². The summed E-state index contributed by atoms with van der Waals surface area (Å²) in [6.45, 7) is 3.31. The van der Waals surface area contributed by atoms with Gasteiger partial charge in [-0.1, -0.05) is 6.92 Å². The SMILES string of the molecule is CCCN(CC(=O)O)C(=O)C1CCCN(C(=O)C2CC2)C1. The van der Waals surface area contributed by atoms with Crippen LogP contribution >= 0.6 is 0 Å². The molecule has 1 N–H and O–H groups in total. The number of likely N-dealkylation sites (tertiary alicyclic amines) is 1. The minimum Gasteiger partial charge on any atom is -0.480 e. The third-order valence-corrected chi connectivity index (χ3v) is 4.14. The molecule has 1 aliphatic heterocycles. The summed E-state index contributed by atoms with van der Waals surface area (Å²) in [5, 5.41) is 8.92. The summed E-state index contributed by atoms with van der Waals surface area (Å²) in [7, 11) is 0. The van der Waals surface area contributed by atoms with E-state index in [0.717, 1.165) is 38.6 Å². The van der Waals surface area contributed by atoms with Crippen molar-refractivity contribution in [2.24, 2.45) is 11.8 Å². The standard InChI is InChI=1S/C15H24N2O4/c1-2-7-16(10-13(18)19)15(21)12-4-3-8-17(9-12)14(20)11-5-6-11/h11-12H,2-10H2,1H3,(H,18,19). The summed E-state index contributed by atoms with van der Waals surface area (Å²) in [4.78, 5) is 38.7. The van der Waals surface area contributed by atoms with Crippen LogP contribution in [0.5, 0.6) is 0 Å². The van der Waals surface area contributed by atoms with E-state index in [2.05, 4.69) is 0 Å². The Morgan fingerprint density at radius 1 is 1.19 bits per heavy atom. The normalized spacial score (nSPS) is 22.0. The van der Waals surface area contributed by atoms with Gasteiger partial charge in [0.1, 0.15) is 6.54 Å². The number of nitrogens with zero attached hydrogens (tertiary/aromatic N) is 2. The van der Waals surface area contributed by atoms with Crippen molar-refractivity contribution in [1.29, 1.82) is 0 Å². The second kappa shape index (κ2) is 6.91. The summed E-state index contributed by atoms with van der Waals surface area (Å²) in [6.07, 6.45) is 4.23. The van der Waals surface area contributed by atoms with Gasteiger partial charge in [0.25, 0.3) is 0 Å². The molecular weight excluding hydrogens is 272 g/mol. The van der Waals surface area contributed by atoms with Crippen LogP contribution in [0.15, 0.2) is 0 Å². The van der Waals surface area contributed by atoms with Crippen LogP contribution in [0.4, 0.5) is 0 Å². The Balaban J connectivity index is 1.95. The van der Waals surface area contributed by atoms with E-state index in [1.807, 2.05) is 6.92 Å². The van der Waals surface area contributed by atoms with Gasteiger partial charge in [0.15, 0.2) is 0 Å². The van der Waals surface area contributed by atoms with Crippen LogP contribution in [0.2, 0.25) is 0 Å². The lowest BCUT2D eigenvalue weighted by Gasteiger charge is -2.34. The number of carboxylic acid groups (broad SMARTS) is 1. The largest absolute Gasteiger partial charge is 0.480 e. The van der Waals surface area contributed by atoms with Crippen LogP contribution in [-0.2, 0) is 14.4 Å². The van der Waals surface area contributed by atoms with Crippen LogP contribution in [0.1, 0.15) is 39.0 Å². The molecule has 0 aromatic rings. The van der Waals surface area contributed by atoms with Gasteiger partial charge < -0.3 is 14.9 Å². The monoisotopic (exact) mass is 296 g/mol. The van der Waals surface area contributed by atoms with Crippen molar-refractivity contribution in [3.8, 4) is 0 Å². The predicted molar refractivity (Wildman–Crippen MR) is 76.5 cm³/mol. The summed E-state index contributed by atoms with van der Waals surface area (Å²) < 4.78 is 0. The van der Waals surface area contributed by atoms with Crippen molar-refractivity contribution in [1.82, 2.24) is 9.80 Å². The fraction of sp³-hybridized carbons (Fsp3) is 0.800. The number of amides is 2. The van der Waals surface area contributed by atoms with Gasteiger partial charge in [0.2, 0.25) is 11.8 Å². The Kier molecular flexibility index (Phi) is 5.20. The van der Waals surface area contributed by atoms with Crippen LogP contribution in [0.25, 0.3) is 0 Å². The number of carbonyl (C=O) groups excluding carboxylic acids is 2. The predicted octanol–water partition coefficient (Wildman–Crippen LogP) is 0.958. The van der Waals surface area contributed by atoms with Crippen molar-refractivity contribution in [2.45, 2.75) is 39.0 Å². The number of piperidine rings is 1. The van der Waals surface area contributed by atoms with Crippen LogP contribution in [0.3, 0.4) is 0 Å². The molecular formula is C15H24N2O4. The van der Waals surface area contributed by atoms with E-state index in [0.29, 0.717) is 13.1 Å². The molecule has 0 aromatic carbocycles. The first-order valence-corrected chi connectivity index (χ1v) is 7.82. The second-order valence-corrected chi connectivity index (χ2v) is 6.05. The second-order valence-electron chi connectivity index (χ2n) is 6.05. The highest BCUT2D eigenvalue weighted by atomic mass is 16.4. The highest BCUT2D eigenvalue weighted by molar-refractivity contribution is 5.85. The third kappa shape index (κ3) is 4.19. The third-order valence-electron chi connectivity index (χ3n) is 4.14. The molecule has 118 valence electrons. The molecule has 2 aliphatic rings. The molecule has 1 saturated heterocycles. The molecule has 1 saturated carbocycles. The molecule has 2 amide bonds. The smallest absolute Gasteiger partial charge is 0.323 e. The average Bonchev–Trinajstić information content (AvgIpc) is 3.29. The van der Waals surface area contributed by atoms with Crippen molar-refractivity contribution < 1.29 is 19.5 Å².